The average Bonchev–Trinajstić information content (AvgIpc) is 2.64. The van der Waals surface area contributed by atoms with Gasteiger partial charge in [-0.25, -0.2) is 4.98 Å². The fraction of sp³-hybridized carbons (Fsp3) is 0.444. The largest absolute Gasteiger partial charge is 0.467 e. The Kier molecular flexibility index (Phi) is 5.53. The Balaban J connectivity index is 1.55. The van der Waals surface area contributed by atoms with E-state index in [2.05, 4.69) is 38.9 Å². The van der Waals surface area contributed by atoms with E-state index in [1.54, 1.807) is 13.3 Å². The van der Waals surface area contributed by atoms with Crippen LogP contribution in [0.3, 0.4) is 0 Å². The summed E-state index contributed by atoms with van der Waals surface area (Å²) in [5, 5.41) is 0.787. The molecule has 0 radical (unpaired) electrons. The van der Waals surface area contributed by atoms with Crippen LogP contribution in [0.1, 0.15) is 18.4 Å². The molecule has 1 fully saturated rings. The summed E-state index contributed by atoms with van der Waals surface area (Å²) in [6.45, 7) is 2.94. The van der Waals surface area contributed by atoms with Gasteiger partial charge < -0.3 is 9.64 Å². The van der Waals surface area contributed by atoms with Crippen LogP contribution >= 0.6 is 11.6 Å². The maximum atomic E-state index is 5.95. The minimum Gasteiger partial charge on any atom is -0.467 e. The maximum absolute atomic E-state index is 5.95. The first-order valence-electron chi connectivity index (χ1n) is 8.22. The van der Waals surface area contributed by atoms with E-state index in [1.165, 1.54) is 5.56 Å². The van der Waals surface area contributed by atoms with Crippen molar-refractivity contribution in [3.05, 3.63) is 47.1 Å². The molecule has 0 atom stereocenters. The Morgan fingerprint density at radius 1 is 1.21 bits per heavy atom. The number of rotatable bonds is 5. The molecule has 0 aliphatic carbocycles. The zero-order valence-electron chi connectivity index (χ0n) is 14.2. The number of aromatic nitrogens is 2. The van der Waals surface area contributed by atoms with Gasteiger partial charge in [-0.1, -0.05) is 23.7 Å². The second-order valence-electron chi connectivity index (χ2n) is 6.16. The number of benzene rings is 1. The lowest BCUT2D eigenvalue weighted by atomic mass is 10.0. The van der Waals surface area contributed by atoms with Crippen LogP contribution in [0.25, 0.3) is 0 Å². The van der Waals surface area contributed by atoms with E-state index in [0.717, 1.165) is 43.3 Å². The van der Waals surface area contributed by atoms with Crippen molar-refractivity contribution in [3.8, 4) is 6.01 Å². The maximum Gasteiger partial charge on any atom is 0.318 e. The Labute approximate surface area is 148 Å². The van der Waals surface area contributed by atoms with E-state index in [1.807, 2.05) is 18.2 Å². The average molecular weight is 347 g/mol. The van der Waals surface area contributed by atoms with Crippen LogP contribution in [0, 0.1) is 0 Å². The number of piperidine rings is 1. The molecule has 1 aromatic heterocycles. The van der Waals surface area contributed by atoms with Crippen molar-refractivity contribution in [2.24, 2.45) is 0 Å². The molecule has 1 saturated heterocycles. The van der Waals surface area contributed by atoms with E-state index in [9.17, 15) is 0 Å². The van der Waals surface area contributed by atoms with E-state index < -0.39 is 0 Å². The summed E-state index contributed by atoms with van der Waals surface area (Å²) < 4.78 is 5.11. The highest BCUT2D eigenvalue weighted by Crippen LogP contribution is 2.22. The van der Waals surface area contributed by atoms with Gasteiger partial charge in [0.15, 0.2) is 0 Å². The number of methoxy groups -OCH3 is 1. The van der Waals surface area contributed by atoms with Gasteiger partial charge in [0.1, 0.15) is 5.82 Å². The Bertz CT molecular complexity index is 656. The molecule has 0 N–H and O–H groups in total. The summed E-state index contributed by atoms with van der Waals surface area (Å²) in [6.07, 6.45) is 3.99. The van der Waals surface area contributed by atoms with Crippen molar-refractivity contribution in [1.82, 2.24) is 14.9 Å². The Morgan fingerprint density at radius 2 is 1.92 bits per heavy atom. The van der Waals surface area contributed by atoms with Crippen molar-refractivity contribution in [3.63, 3.8) is 0 Å². The molecule has 3 rings (SSSR count). The lowest BCUT2D eigenvalue weighted by Crippen LogP contribution is -2.43. The number of nitrogens with zero attached hydrogens (tertiary/aromatic N) is 4. The molecular formula is C18H23ClN4O. The Hall–Kier alpha value is -1.85. The monoisotopic (exact) mass is 346 g/mol. The zero-order chi connectivity index (χ0) is 16.9. The van der Waals surface area contributed by atoms with E-state index in [-0.39, 0.29) is 0 Å². The summed E-state index contributed by atoms with van der Waals surface area (Å²) in [6, 6.07) is 11.1. The van der Waals surface area contributed by atoms with Crippen LogP contribution in [0.4, 0.5) is 5.82 Å². The topological polar surface area (TPSA) is 41.5 Å². The summed E-state index contributed by atoms with van der Waals surface area (Å²) in [7, 11) is 3.79. The predicted molar refractivity (Wildman–Crippen MR) is 96.7 cm³/mol. The van der Waals surface area contributed by atoms with E-state index in [4.69, 9.17) is 16.3 Å². The molecule has 0 amide bonds. The van der Waals surface area contributed by atoms with E-state index in [0.29, 0.717) is 12.1 Å². The van der Waals surface area contributed by atoms with Crippen molar-refractivity contribution in [2.75, 3.05) is 32.1 Å². The summed E-state index contributed by atoms with van der Waals surface area (Å²) >= 11 is 5.95. The minimum atomic E-state index is 0.425. The lowest BCUT2D eigenvalue weighted by molar-refractivity contribution is 0.200. The standard InChI is InChI=1S/C18H23ClN4O/c1-22(13-14-3-5-15(19)6-4-14)16-8-11-23(12-9-16)17-7-10-20-18(21-17)24-2/h3-7,10,16H,8-9,11-13H2,1-2H3. The molecule has 1 aliphatic rings. The van der Waals surface area contributed by atoms with Crippen LogP contribution in [0.2, 0.25) is 5.02 Å². The van der Waals surface area contributed by atoms with Crippen molar-refractivity contribution in [2.45, 2.75) is 25.4 Å². The molecule has 2 heterocycles. The highest BCUT2D eigenvalue weighted by molar-refractivity contribution is 6.30. The van der Waals surface area contributed by atoms with Gasteiger partial charge in [-0.15, -0.1) is 0 Å². The molecule has 128 valence electrons. The third-order valence-electron chi connectivity index (χ3n) is 4.56. The molecule has 0 saturated carbocycles. The first-order valence-corrected chi connectivity index (χ1v) is 8.60. The number of hydrogen-bond donors (Lipinski definition) is 0. The molecule has 2 aromatic rings. The molecule has 0 bridgehead atoms. The van der Waals surface area contributed by atoms with Gasteiger partial charge in [0, 0.05) is 36.9 Å². The molecule has 1 aromatic carbocycles. The van der Waals surface area contributed by atoms with Gasteiger partial charge in [0.25, 0.3) is 0 Å². The number of hydrogen-bond acceptors (Lipinski definition) is 5. The summed E-state index contributed by atoms with van der Waals surface area (Å²) in [4.78, 5) is 13.2. The second kappa shape index (κ2) is 7.81. The normalized spacial score (nSPS) is 15.8. The second-order valence-corrected chi connectivity index (χ2v) is 6.60. The molecule has 1 aliphatic heterocycles. The highest BCUT2D eigenvalue weighted by Gasteiger charge is 2.23. The third kappa shape index (κ3) is 4.16. The first kappa shape index (κ1) is 17.0. The van der Waals surface area contributed by atoms with Crippen LogP contribution in [-0.2, 0) is 6.54 Å². The van der Waals surface area contributed by atoms with Gasteiger partial charge in [0.05, 0.1) is 7.11 Å². The molecule has 5 nitrogen and oxygen atoms in total. The van der Waals surface area contributed by atoms with Crippen molar-refractivity contribution < 1.29 is 4.74 Å². The molecule has 0 unspecified atom stereocenters. The van der Waals surface area contributed by atoms with Gasteiger partial charge in [0.2, 0.25) is 0 Å². The molecular weight excluding hydrogens is 324 g/mol. The first-order chi connectivity index (χ1) is 11.7. The summed E-state index contributed by atoms with van der Waals surface area (Å²) in [5.41, 5.74) is 1.30. The third-order valence-corrected chi connectivity index (χ3v) is 4.81. The van der Waals surface area contributed by atoms with Crippen molar-refractivity contribution in [1.29, 1.82) is 0 Å². The highest BCUT2D eigenvalue weighted by atomic mass is 35.5. The molecule has 6 heteroatoms. The smallest absolute Gasteiger partial charge is 0.318 e. The van der Waals surface area contributed by atoms with Gasteiger partial charge in [-0.05, 0) is 43.7 Å². The molecule has 0 spiro atoms. The number of ether oxygens (including phenoxy) is 1. The van der Waals surface area contributed by atoms with E-state index >= 15 is 0 Å². The van der Waals surface area contributed by atoms with Crippen LogP contribution in [0.5, 0.6) is 6.01 Å². The number of anilines is 1. The SMILES string of the molecule is COc1nccc(N2CCC(N(C)Cc3ccc(Cl)cc3)CC2)n1. The summed E-state index contributed by atoms with van der Waals surface area (Å²) in [5.74, 6) is 0.945. The van der Waals surface area contributed by atoms with Crippen LogP contribution in [0.15, 0.2) is 36.5 Å². The zero-order valence-corrected chi connectivity index (χ0v) is 14.9. The quantitative estimate of drug-likeness (QED) is 0.831. The van der Waals surface area contributed by atoms with Gasteiger partial charge in [-0.2, -0.15) is 4.98 Å². The number of halogens is 1. The van der Waals surface area contributed by atoms with Gasteiger partial charge in [-0.3, -0.25) is 4.90 Å². The molecule has 24 heavy (non-hydrogen) atoms. The van der Waals surface area contributed by atoms with Crippen LogP contribution < -0.4 is 9.64 Å². The lowest BCUT2D eigenvalue weighted by Gasteiger charge is -2.37. The fourth-order valence-electron chi connectivity index (χ4n) is 3.15. The predicted octanol–water partition coefficient (Wildman–Crippen LogP) is 3.24. The fourth-order valence-corrected chi connectivity index (χ4v) is 3.27. The van der Waals surface area contributed by atoms with Crippen molar-refractivity contribution >= 4 is 17.4 Å². The van der Waals surface area contributed by atoms with Crippen LogP contribution in [-0.4, -0.2) is 48.2 Å². The minimum absolute atomic E-state index is 0.425. The Morgan fingerprint density at radius 3 is 2.58 bits per heavy atom. The van der Waals surface area contributed by atoms with Gasteiger partial charge >= 0.3 is 6.01 Å².